The molecule has 2 heteroatoms. The number of aryl methyl sites for hydroxylation is 2. The van der Waals surface area contributed by atoms with E-state index in [9.17, 15) is 0 Å². The summed E-state index contributed by atoms with van der Waals surface area (Å²) in [6.07, 6.45) is 11.2. The van der Waals surface area contributed by atoms with Gasteiger partial charge in [-0.1, -0.05) is 148 Å². The molecule has 0 spiro atoms. The zero-order valence-electron chi connectivity index (χ0n) is 26.1. The van der Waals surface area contributed by atoms with E-state index in [0.717, 1.165) is 46.5 Å². The first-order chi connectivity index (χ1) is 21.5. The zero-order valence-corrected chi connectivity index (χ0v) is 26.1. The fraction of sp³-hybridized carbons (Fsp3) is 0.190. The average molecular weight is 577 g/mol. The summed E-state index contributed by atoms with van der Waals surface area (Å²) in [6.45, 7) is 4.46. The molecule has 44 heavy (non-hydrogen) atoms. The van der Waals surface area contributed by atoms with Crippen molar-refractivity contribution >= 4 is 23.5 Å². The minimum Gasteiger partial charge on any atom is -0.398 e. The summed E-state index contributed by atoms with van der Waals surface area (Å²) in [7, 11) is 0. The minimum absolute atomic E-state index is 0.723. The normalized spacial score (nSPS) is 12.0. The Labute approximate surface area is 263 Å². The Morgan fingerprint density at radius 1 is 0.432 bits per heavy atom. The first kappa shape index (κ1) is 30.6. The second kappa shape index (κ2) is 15.1. The Kier molecular flexibility index (Phi) is 10.5. The van der Waals surface area contributed by atoms with E-state index in [2.05, 4.69) is 111 Å². The van der Waals surface area contributed by atoms with Gasteiger partial charge in [0, 0.05) is 11.4 Å². The van der Waals surface area contributed by atoms with Gasteiger partial charge in [-0.05, 0) is 93.5 Å². The highest BCUT2D eigenvalue weighted by Crippen LogP contribution is 2.25. The van der Waals surface area contributed by atoms with Gasteiger partial charge in [-0.3, -0.25) is 0 Å². The largest absolute Gasteiger partial charge is 0.398 e. The maximum absolute atomic E-state index is 6.49. The third-order valence-corrected chi connectivity index (χ3v) is 8.23. The van der Waals surface area contributed by atoms with Gasteiger partial charge in [-0.25, -0.2) is 0 Å². The monoisotopic (exact) mass is 576 g/mol. The second-order valence-electron chi connectivity index (χ2n) is 11.6. The molecule has 0 radical (unpaired) electrons. The van der Waals surface area contributed by atoms with Gasteiger partial charge < -0.3 is 11.5 Å². The molecule has 0 unspecified atom stereocenters. The molecule has 5 aromatic rings. The lowest BCUT2D eigenvalue weighted by Gasteiger charge is -2.08. The van der Waals surface area contributed by atoms with Gasteiger partial charge in [0.15, 0.2) is 0 Å². The van der Waals surface area contributed by atoms with E-state index in [1.807, 2.05) is 36.4 Å². The van der Waals surface area contributed by atoms with Crippen LogP contribution in [-0.4, -0.2) is 0 Å². The summed E-state index contributed by atoms with van der Waals surface area (Å²) >= 11 is 0. The van der Waals surface area contributed by atoms with Crippen LogP contribution in [0, 0.1) is 0 Å². The first-order valence-corrected chi connectivity index (χ1v) is 16.0. The molecule has 0 bridgehead atoms. The zero-order chi connectivity index (χ0) is 30.7. The number of benzene rings is 5. The highest BCUT2D eigenvalue weighted by atomic mass is 14.6. The van der Waals surface area contributed by atoms with Crippen LogP contribution in [0.15, 0.2) is 121 Å². The molecule has 0 saturated heterocycles. The summed E-state index contributed by atoms with van der Waals surface area (Å²) in [5, 5.41) is 0. The first-order valence-electron chi connectivity index (χ1n) is 16.0. The standard InChI is InChI=1S/C42H44N2/c1-3-5-7-31-9-17-35(18-10-31)37-21-13-33(14-22-37)29-41(43)39-25-27-40(28-26-39)42(44)30-34-15-23-38(24-16-34)36-19-11-32(12-20-36)8-6-4-2/h9-30H,3-8,43-44H2,1-2H3. The molecular formula is C42H44N2. The topological polar surface area (TPSA) is 52.0 Å². The molecule has 0 aromatic heterocycles. The van der Waals surface area contributed by atoms with E-state index < -0.39 is 0 Å². The van der Waals surface area contributed by atoms with Crippen LogP contribution in [0.2, 0.25) is 0 Å². The van der Waals surface area contributed by atoms with Crippen LogP contribution in [0.5, 0.6) is 0 Å². The van der Waals surface area contributed by atoms with E-state index in [1.165, 1.54) is 59.1 Å². The van der Waals surface area contributed by atoms with Crippen LogP contribution in [0.4, 0.5) is 0 Å². The Morgan fingerprint density at radius 2 is 0.727 bits per heavy atom. The van der Waals surface area contributed by atoms with Crippen molar-refractivity contribution in [3.8, 4) is 22.3 Å². The van der Waals surface area contributed by atoms with Crippen molar-refractivity contribution in [2.24, 2.45) is 11.5 Å². The Balaban J connectivity index is 1.21. The molecule has 2 nitrogen and oxygen atoms in total. The molecule has 0 amide bonds. The van der Waals surface area contributed by atoms with Crippen LogP contribution in [0.25, 0.3) is 45.8 Å². The highest BCUT2D eigenvalue weighted by molar-refractivity contribution is 5.83. The molecular weight excluding hydrogens is 532 g/mol. The fourth-order valence-corrected chi connectivity index (χ4v) is 5.41. The van der Waals surface area contributed by atoms with Crippen molar-refractivity contribution in [3.05, 3.63) is 155 Å². The molecule has 0 fully saturated rings. The molecule has 0 aliphatic rings. The van der Waals surface area contributed by atoms with Gasteiger partial charge in [0.1, 0.15) is 0 Å². The summed E-state index contributed by atoms with van der Waals surface area (Å²) < 4.78 is 0. The predicted molar refractivity (Wildman–Crippen MR) is 192 cm³/mol. The smallest absolute Gasteiger partial charge is 0.0393 e. The number of hydrogen-bond acceptors (Lipinski definition) is 2. The maximum atomic E-state index is 6.49. The van der Waals surface area contributed by atoms with Gasteiger partial charge in [0.25, 0.3) is 0 Å². The van der Waals surface area contributed by atoms with Crippen molar-refractivity contribution in [1.82, 2.24) is 0 Å². The number of rotatable bonds is 12. The molecule has 0 heterocycles. The van der Waals surface area contributed by atoms with Crippen LogP contribution in [-0.2, 0) is 12.8 Å². The Morgan fingerprint density at radius 3 is 1.02 bits per heavy atom. The van der Waals surface area contributed by atoms with Crippen LogP contribution >= 0.6 is 0 Å². The van der Waals surface area contributed by atoms with E-state index in [-0.39, 0.29) is 0 Å². The second-order valence-corrected chi connectivity index (χ2v) is 11.6. The summed E-state index contributed by atoms with van der Waals surface area (Å²) in [5.74, 6) is 0. The average Bonchev–Trinajstić information content (AvgIpc) is 3.07. The van der Waals surface area contributed by atoms with Crippen LogP contribution in [0.3, 0.4) is 0 Å². The van der Waals surface area contributed by atoms with Gasteiger partial charge in [-0.2, -0.15) is 0 Å². The van der Waals surface area contributed by atoms with Crippen molar-refractivity contribution in [1.29, 1.82) is 0 Å². The van der Waals surface area contributed by atoms with Gasteiger partial charge in [-0.15, -0.1) is 0 Å². The SMILES string of the molecule is CCCCc1ccc(-c2ccc(C=C(N)c3ccc(C(N)=Cc4ccc(-c5ccc(CCCC)cc5)cc4)cc3)cc2)cc1. The summed E-state index contributed by atoms with van der Waals surface area (Å²) in [6, 6.07) is 43.1. The van der Waals surface area contributed by atoms with Crippen LogP contribution < -0.4 is 11.5 Å². The molecule has 0 aliphatic carbocycles. The van der Waals surface area contributed by atoms with Gasteiger partial charge in [0.05, 0.1) is 0 Å². The quantitative estimate of drug-likeness (QED) is 0.145. The lowest BCUT2D eigenvalue weighted by Crippen LogP contribution is -1.99. The molecule has 5 rings (SSSR count). The fourth-order valence-electron chi connectivity index (χ4n) is 5.41. The number of nitrogens with two attached hydrogens (primary N) is 2. The van der Waals surface area contributed by atoms with Gasteiger partial charge >= 0.3 is 0 Å². The molecule has 0 saturated carbocycles. The number of hydrogen-bond donors (Lipinski definition) is 2. The van der Waals surface area contributed by atoms with Crippen molar-refractivity contribution in [3.63, 3.8) is 0 Å². The predicted octanol–water partition coefficient (Wildman–Crippen LogP) is 10.6. The van der Waals surface area contributed by atoms with E-state index in [0.29, 0.717) is 0 Å². The third kappa shape index (κ3) is 8.17. The Hall–Kier alpha value is -4.82. The number of unbranched alkanes of at least 4 members (excludes halogenated alkanes) is 2. The van der Waals surface area contributed by atoms with E-state index >= 15 is 0 Å². The molecule has 4 N–H and O–H groups in total. The van der Waals surface area contributed by atoms with Crippen molar-refractivity contribution < 1.29 is 0 Å². The summed E-state index contributed by atoms with van der Waals surface area (Å²) in [5.41, 5.74) is 26.2. The Bertz CT molecular complexity index is 1540. The van der Waals surface area contributed by atoms with Crippen molar-refractivity contribution in [2.45, 2.75) is 52.4 Å². The summed E-state index contributed by atoms with van der Waals surface area (Å²) in [4.78, 5) is 0. The van der Waals surface area contributed by atoms with Gasteiger partial charge in [0.2, 0.25) is 0 Å². The lowest BCUT2D eigenvalue weighted by molar-refractivity contribution is 0.795. The highest BCUT2D eigenvalue weighted by Gasteiger charge is 2.04. The molecule has 222 valence electrons. The lowest BCUT2D eigenvalue weighted by atomic mass is 9.99. The van der Waals surface area contributed by atoms with Crippen molar-refractivity contribution in [2.75, 3.05) is 0 Å². The maximum Gasteiger partial charge on any atom is 0.0393 e. The van der Waals surface area contributed by atoms with Crippen LogP contribution in [0.1, 0.15) is 72.9 Å². The molecule has 5 aromatic carbocycles. The third-order valence-electron chi connectivity index (χ3n) is 8.23. The molecule has 0 aliphatic heterocycles. The molecule has 0 atom stereocenters. The van der Waals surface area contributed by atoms with E-state index in [1.54, 1.807) is 0 Å². The minimum atomic E-state index is 0.723. The van der Waals surface area contributed by atoms with E-state index in [4.69, 9.17) is 11.5 Å².